The van der Waals surface area contributed by atoms with Crippen molar-refractivity contribution in [2.45, 2.75) is 235 Å². The molecule has 9 rings (SSSR count). The van der Waals surface area contributed by atoms with E-state index in [9.17, 15) is 81.4 Å². The van der Waals surface area contributed by atoms with Crippen LogP contribution >= 0.6 is 0 Å². The van der Waals surface area contributed by atoms with Gasteiger partial charge in [-0.25, -0.2) is 0 Å². The summed E-state index contributed by atoms with van der Waals surface area (Å²) in [5, 5.41) is 160. The van der Waals surface area contributed by atoms with Gasteiger partial charge in [0.1, 0.15) is 97.7 Å². The maximum absolute atomic E-state index is 14.7. The Bertz CT molecular complexity index is 2130. The lowest BCUT2D eigenvalue weighted by Crippen LogP contribution is -2.68. The van der Waals surface area contributed by atoms with Crippen LogP contribution in [0.2, 0.25) is 0 Å². The molecule has 15 N–H and O–H groups in total. The van der Waals surface area contributed by atoms with Crippen molar-refractivity contribution in [2.24, 2.45) is 50.2 Å². The number of carbonyl (C=O) groups is 1. The first-order valence-corrected chi connectivity index (χ1v) is 28.0. The Morgan fingerprint density at radius 1 is 0.526 bits per heavy atom. The molecule has 0 spiro atoms. The van der Waals surface area contributed by atoms with E-state index in [1.807, 2.05) is 6.92 Å². The molecule has 4 saturated heterocycles. The van der Waals surface area contributed by atoms with E-state index in [1.165, 1.54) is 5.57 Å². The number of esters is 1. The summed E-state index contributed by atoms with van der Waals surface area (Å²) in [6, 6.07) is 0. The van der Waals surface area contributed by atoms with Gasteiger partial charge in [-0.2, -0.15) is 0 Å². The third kappa shape index (κ3) is 9.76. The molecule has 4 saturated carbocycles. The number of aliphatic hydroxyl groups excluding tert-OH is 15. The molecule has 24 nitrogen and oxygen atoms in total. The zero-order valence-corrected chi connectivity index (χ0v) is 45.4. The standard InChI is InChI=1S/C54H88O24/c1-49(2)13-15-54(48(70)78-47-39(67)35(63)33(61)26(19-56)72-47)16-14-52(5)23(24(54)17-49)7-8-30-50(3)11-10-31(51(4,22-59)29(50)9-12-53(30,52)6)75-44-40(68)36(64)42(27(20-57)73-44)77-46-41(69)37(65)43(28(21-58)74-46)76-45-38(66)34(62)32(60)25(18-55)71-45/h7,24-47,55-69H,8-22H2,1-6H3/t24-,25+,26+,27+,28+,29+,30+,31-,32+,33+,34-,35-,36+,37+,38+,39+,40+,41+,42+,43+,44-,45-,46-,47-,50-,51-,52+,53+,54-/m0/s1. The lowest BCUT2D eigenvalue weighted by atomic mass is 9.33. The van der Waals surface area contributed by atoms with E-state index >= 15 is 0 Å². The fourth-order valence-electron chi connectivity index (χ4n) is 16.5. The zero-order valence-electron chi connectivity index (χ0n) is 45.4. The highest BCUT2D eigenvalue weighted by Gasteiger charge is 2.71. The average Bonchev–Trinajstić information content (AvgIpc) is 3.49. The zero-order chi connectivity index (χ0) is 57.0. The van der Waals surface area contributed by atoms with Gasteiger partial charge in [-0.05, 0) is 104 Å². The second-order valence-corrected chi connectivity index (χ2v) is 26.1. The van der Waals surface area contributed by atoms with Crippen molar-refractivity contribution >= 4 is 5.97 Å². The summed E-state index contributed by atoms with van der Waals surface area (Å²) in [6.45, 7) is 10.0. The first kappa shape index (κ1) is 60.9. The van der Waals surface area contributed by atoms with Gasteiger partial charge < -0.3 is 114 Å². The van der Waals surface area contributed by atoms with Crippen molar-refractivity contribution in [3.05, 3.63) is 11.6 Å². The molecule has 5 aliphatic carbocycles. The average molecular weight is 1120 g/mol. The van der Waals surface area contributed by atoms with E-state index in [1.54, 1.807) is 0 Å². The van der Waals surface area contributed by atoms with Crippen molar-refractivity contribution in [3.8, 4) is 0 Å². The molecule has 4 aliphatic heterocycles. The molecule has 0 bridgehead atoms. The van der Waals surface area contributed by atoms with E-state index in [4.69, 9.17) is 37.9 Å². The third-order valence-electron chi connectivity index (χ3n) is 21.6. The first-order chi connectivity index (χ1) is 36.6. The number of fused-ring (bicyclic) bond motifs is 7. The van der Waals surface area contributed by atoms with Gasteiger partial charge in [-0.3, -0.25) is 4.79 Å². The van der Waals surface area contributed by atoms with E-state index in [2.05, 4.69) is 40.7 Å². The lowest BCUT2D eigenvalue weighted by Gasteiger charge is -2.71. The van der Waals surface area contributed by atoms with Crippen molar-refractivity contribution in [1.82, 2.24) is 0 Å². The van der Waals surface area contributed by atoms with E-state index in [0.29, 0.717) is 51.4 Å². The molecule has 24 heteroatoms. The van der Waals surface area contributed by atoms with Crippen molar-refractivity contribution in [1.29, 1.82) is 0 Å². The molecule has 0 aromatic carbocycles. The minimum Gasteiger partial charge on any atom is -0.432 e. The molecular weight excluding hydrogens is 1030 g/mol. The van der Waals surface area contributed by atoms with Crippen LogP contribution in [0.4, 0.5) is 0 Å². The van der Waals surface area contributed by atoms with Crippen LogP contribution in [-0.2, 0) is 42.7 Å². The lowest BCUT2D eigenvalue weighted by molar-refractivity contribution is -0.383. The van der Waals surface area contributed by atoms with Crippen LogP contribution in [0.3, 0.4) is 0 Å². The summed E-state index contributed by atoms with van der Waals surface area (Å²) in [5.41, 5.74) is -1.70. The Balaban J connectivity index is 0.889. The Hall–Kier alpha value is -1.67. The van der Waals surface area contributed by atoms with E-state index in [0.717, 1.165) is 12.8 Å². The van der Waals surface area contributed by atoms with Crippen molar-refractivity contribution in [3.63, 3.8) is 0 Å². The Labute approximate surface area is 453 Å². The third-order valence-corrected chi connectivity index (χ3v) is 21.6. The second kappa shape index (κ2) is 22.4. The van der Waals surface area contributed by atoms with E-state index in [-0.39, 0.29) is 46.0 Å². The Morgan fingerprint density at radius 2 is 1.00 bits per heavy atom. The number of carbonyl (C=O) groups excluding carboxylic acids is 1. The molecule has 448 valence electrons. The van der Waals surface area contributed by atoms with Crippen LogP contribution in [0, 0.1) is 50.2 Å². The largest absolute Gasteiger partial charge is 0.432 e. The summed E-state index contributed by atoms with van der Waals surface area (Å²) >= 11 is 0. The normalized spacial score (nSPS) is 54.1. The van der Waals surface area contributed by atoms with Crippen LogP contribution in [0.15, 0.2) is 11.6 Å². The summed E-state index contributed by atoms with van der Waals surface area (Å²) < 4.78 is 47.1. The summed E-state index contributed by atoms with van der Waals surface area (Å²) in [7, 11) is 0. The predicted molar refractivity (Wildman–Crippen MR) is 264 cm³/mol. The minimum absolute atomic E-state index is 0.102. The molecule has 29 atom stereocenters. The Morgan fingerprint density at radius 3 is 1.53 bits per heavy atom. The number of ether oxygens (including phenoxy) is 8. The molecule has 0 aromatic heterocycles. The molecule has 8 fully saturated rings. The van der Waals surface area contributed by atoms with Crippen LogP contribution in [0.1, 0.15) is 106 Å². The van der Waals surface area contributed by atoms with Gasteiger partial charge in [0.2, 0.25) is 6.29 Å². The molecular formula is C54H88O24. The van der Waals surface area contributed by atoms with Crippen LogP contribution in [0.25, 0.3) is 0 Å². The van der Waals surface area contributed by atoms with Crippen molar-refractivity contribution in [2.75, 3.05) is 33.0 Å². The maximum Gasteiger partial charge on any atom is 0.315 e. The molecule has 0 amide bonds. The number of allylic oxidation sites excluding steroid dienone is 2. The second-order valence-electron chi connectivity index (χ2n) is 26.1. The maximum atomic E-state index is 14.7. The molecule has 9 aliphatic rings. The quantitative estimate of drug-likeness (QED) is 0.0494. The van der Waals surface area contributed by atoms with Crippen LogP contribution in [-0.4, -0.2) is 245 Å². The van der Waals surface area contributed by atoms with Gasteiger partial charge in [-0.1, -0.05) is 53.2 Å². The van der Waals surface area contributed by atoms with E-state index < -0.39 is 172 Å². The molecule has 0 unspecified atom stereocenters. The minimum atomic E-state index is -1.99. The molecule has 0 radical (unpaired) electrons. The van der Waals surface area contributed by atoms with Gasteiger partial charge in [-0.15, -0.1) is 0 Å². The highest BCUT2D eigenvalue weighted by molar-refractivity contribution is 5.79. The predicted octanol–water partition coefficient (Wildman–Crippen LogP) is -3.06. The number of hydrogen-bond acceptors (Lipinski definition) is 24. The van der Waals surface area contributed by atoms with Gasteiger partial charge in [0.25, 0.3) is 0 Å². The highest BCUT2D eigenvalue weighted by atomic mass is 16.8. The number of hydrogen-bond donors (Lipinski definition) is 15. The SMILES string of the molecule is CC1(C)CC[C@]2(C(=O)O[C@@H]3O[C@H](CO)[C@@H](O)[C@H](O)[C@H]3O)CC[C@]3(C)C(=CC[C@@H]4[C@@]5(C)CC[C@H](O[C@@H]6O[C@H](CO)[C@@H](O[C@@H]7O[C@H](CO)[C@@H](O[C@@H]8O[C@H](CO)[C@@H](O)[C@H](O)[C@H]8O)[C@H](O)[C@H]7O)[C@H](O)[C@H]6O)[C@@](C)(CO)[C@@H]5CC[C@]43C)[C@@H]2C1. The van der Waals surface area contributed by atoms with Gasteiger partial charge >= 0.3 is 5.97 Å². The van der Waals surface area contributed by atoms with Gasteiger partial charge in [0.15, 0.2) is 18.9 Å². The first-order valence-electron chi connectivity index (χ1n) is 28.0. The highest BCUT2D eigenvalue weighted by Crippen LogP contribution is 2.76. The van der Waals surface area contributed by atoms with Crippen LogP contribution < -0.4 is 0 Å². The Kier molecular flexibility index (Phi) is 17.5. The van der Waals surface area contributed by atoms with Crippen molar-refractivity contribution < 1.29 is 119 Å². The summed E-state index contributed by atoms with van der Waals surface area (Å²) in [4.78, 5) is 14.7. The smallest absolute Gasteiger partial charge is 0.315 e. The fraction of sp³-hybridized carbons (Fsp3) is 0.944. The van der Waals surface area contributed by atoms with Gasteiger partial charge in [0, 0.05) is 5.41 Å². The van der Waals surface area contributed by atoms with Gasteiger partial charge in [0.05, 0.1) is 44.6 Å². The summed E-state index contributed by atoms with van der Waals surface area (Å²) in [6.07, 6.45) is -25.5. The molecule has 78 heavy (non-hydrogen) atoms. The molecule has 0 aromatic rings. The topological polar surface area (TPSA) is 394 Å². The molecule has 4 heterocycles. The summed E-state index contributed by atoms with van der Waals surface area (Å²) in [5.74, 6) is -0.715. The van der Waals surface area contributed by atoms with Crippen LogP contribution in [0.5, 0.6) is 0 Å². The number of rotatable bonds is 13. The number of aliphatic hydroxyl groups is 15. The fourth-order valence-corrected chi connectivity index (χ4v) is 16.5. The monoisotopic (exact) mass is 1120 g/mol.